The van der Waals surface area contributed by atoms with Gasteiger partial charge in [-0.25, -0.2) is 0 Å². The van der Waals surface area contributed by atoms with Gasteiger partial charge in [0.1, 0.15) is 0 Å². The highest BCUT2D eigenvalue weighted by molar-refractivity contribution is 5.69. The molecule has 1 aliphatic rings. The summed E-state index contributed by atoms with van der Waals surface area (Å²) in [7, 11) is 0. The first-order chi connectivity index (χ1) is 8.84. The van der Waals surface area contributed by atoms with Crippen LogP contribution in [0.15, 0.2) is 30.3 Å². The molecule has 0 aliphatic heterocycles. The van der Waals surface area contributed by atoms with Gasteiger partial charge in [-0.1, -0.05) is 49.6 Å². The van der Waals surface area contributed by atoms with Gasteiger partial charge in [-0.2, -0.15) is 0 Å². The van der Waals surface area contributed by atoms with E-state index in [4.69, 9.17) is 4.74 Å². The molecular formula is C16H22O2. The molecule has 0 heterocycles. The first-order valence-corrected chi connectivity index (χ1v) is 7.04. The number of carbonyl (C=O) groups excluding carboxylic acids is 1. The fraction of sp³-hybridized carbons (Fsp3) is 0.562. The molecule has 0 spiro atoms. The molecule has 0 aromatic heterocycles. The minimum Gasteiger partial charge on any atom is -0.465 e. The molecular weight excluding hydrogens is 224 g/mol. The highest BCUT2D eigenvalue weighted by Crippen LogP contribution is 2.26. The number of rotatable bonds is 5. The quantitative estimate of drug-likeness (QED) is 0.740. The van der Waals surface area contributed by atoms with Crippen LogP contribution in [0.3, 0.4) is 0 Å². The number of ether oxygens (including phenoxy) is 1. The Bertz CT molecular complexity index is 353. The van der Waals surface area contributed by atoms with E-state index < -0.39 is 0 Å². The molecule has 1 saturated carbocycles. The van der Waals surface area contributed by atoms with Crippen LogP contribution in [0.2, 0.25) is 0 Å². The summed E-state index contributed by atoms with van der Waals surface area (Å²) < 4.78 is 5.31. The van der Waals surface area contributed by atoms with Gasteiger partial charge in [0.05, 0.1) is 6.61 Å². The van der Waals surface area contributed by atoms with Crippen molar-refractivity contribution in [1.29, 1.82) is 0 Å². The minimum atomic E-state index is -0.0159. The number of hydrogen-bond donors (Lipinski definition) is 0. The smallest absolute Gasteiger partial charge is 0.306 e. The minimum absolute atomic E-state index is 0.0159. The zero-order valence-electron chi connectivity index (χ0n) is 10.9. The van der Waals surface area contributed by atoms with E-state index in [9.17, 15) is 4.79 Å². The van der Waals surface area contributed by atoms with Gasteiger partial charge in [-0.15, -0.1) is 0 Å². The third-order valence-corrected chi connectivity index (χ3v) is 3.68. The molecule has 0 unspecified atom stereocenters. The van der Waals surface area contributed by atoms with Crippen LogP contribution in [0.1, 0.15) is 44.1 Å². The van der Waals surface area contributed by atoms with Gasteiger partial charge >= 0.3 is 5.97 Å². The molecule has 1 aliphatic carbocycles. The maximum atomic E-state index is 11.7. The maximum Gasteiger partial charge on any atom is 0.306 e. The molecule has 0 bridgehead atoms. The van der Waals surface area contributed by atoms with Crippen molar-refractivity contribution in [3.63, 3.8) is 0 Å². The van der Waals surface area contributed by atoms with Crippen LogP contribution in [0.25, 0.3) is 0 Å². The summed E-state index contributed by atoms with van der Waals surface area (Å²) >= 11 is 0. The molecule has 1 aromatic carbocycles. The van der Waals surface area contributed by atoms with Gasteiger partial charge in [0.15, 0.2) is 0 Å². The molecule has 0 saturated heterocycles. The van der Waals surface area contributed by atoms with Crippen LogP contribution < -0.4 is 0 Å². The monoisotopic (exact) mass is 246 g/mol. The number of carbonyl (C=O) groups is 1. The average Bonchev–Trinajstić information content (AvgIpc) is 2.41. The third kappa shape index (κ3) is 4.52. The molecule has 0 N–H and O–H groups in total. The lowest BCUT2D eigenvalue weighted by molar-refractivity contribution is -0.144. The van der Waals surface area contributed by atoms with Crippen LogP contribution >= 0.6 is 0 Å². The first-order valence-electron chi connectivity index (χ1n) is 7.04. The van der Waals surface area contributed by atoms with E-state index in [1.807, 2.05) is 18.2 Å². The van der Waals surface area contributed by atoms with E-state index in [1.165, 1.54) is 37.7 Å². The van der Waals surface area contributed by atoms with Crippen molar-refractivity contribution in [3.05, 3.63) is 35.9 Å². The van der Waals surface area contributed by atoms with E-state index in [1.54, 1.807) is 0 Å². The van der Waals surface area contributed by atoms with Crippen LogP contribution in [-0.2, 0) is 16.0 Å². The molecule has 2 rings (SSSR count). The fourth-order valence-corrected chi connectivity index (χ4v) is 2.61. The normalized spacial score (nSPS) is 16.4. The van der Waals surface area contributed by atoms with E-state index in [-0.39, 0.29) is 5.97 Å². The highest BCUT2D eigenvalue weighted by atomic mass is 16.5. The Morgan fingerprint density at radius 3 is 2.56 bits per heavy atom. The molecule has 2 heteroatoms. The summed E-state index contributed by atoms with van der Waals surface area (Å²) in [5.41, 5.74) is 1.22. The van der Waals surface area contributed by atoms with Gasteiger partial charge in [-0.05, 0) is 24.3 Å². The SMILES string of the molecule is O=C(CC1CCCCC1)OCCc1ccccc1. The van der Waals surface area contributed by atoms with Gasteiger partial charge in [0, 0.05) is 12.8 Å². The van der Waals surface area contributed by atoms with Gasteiger partial charge in [0.25, 0.3) is 0 Å². The Morgan fingerprint density at radius 2 is 1.83 bits per heavy atom. The summed E-state index contributed by atoms with van der Waals surface area (Å²) in [6.07, 6.45) is 7.73. The van der Waals surface area contributed by atoms with E-state index in [0.717, 1.165) is 6.42 Å². The van der Waals surface area contributed by atoms with Crippen molar-refractivity contribution in [2.45, 2.75) is 44.9 Å². The third-order valence-electron chi connectivity index (χ3n) is 3.68. The van der Waals surface area contributed by atoms with Crippen molar-refractivity contribution >= 4 is 5.97 Å². The van der Waals surface area contributed by atoms with E-state index in [0.29, 0.717) is 18.9 Å². The summed E-state index contributed by atoms with van der Waals surface area (Å²) in [6.45, 7) is 0.509. The molecule has 98 valence electrons. The Kier molecular flexibility index (Phi) is 5.25. The molecule has 0 amide bonds. The lowest BCUT2D eigenvalue weighted by atomic mass is 9.87. The second-order valence-corrected chi connectivity index (χ2v) is 5.16. The van der Waals surface area contributed by atoms with Crippen LogP contribution in [0.5, 0.6) is 0 Å². The number of hydrogen-bond acceptors (Lipinski definition) is 2. The van der Waals surface area contributed by atoms with Gasteiger partial charge in [-0.3, -0.25) is 4.79 Å². The van der Waals surface area contributed by atoms with Crippen LogP contribution in [-0.4, -0.2) is 12.6 Å². The fourth-order valence-electron chi connectivity index (χ4n) is 2.61. The van der Waals surface area contributed by atoms with Gasteiger partial charge < -0.3 is 4.74 Å². The summed E-state index contributed by atoms with van der Waals surface area (Å²) in [5.74, 6) is 0.556. The van der Waals surface area contributed by atoms with E-state index >= 15 is 0 Å². The maximum absolute atomic E-state index is 11.7. The van der Waals surface area contributed by atoms with Crippen LogP contribution in [0, 0.1) is 5.92 Å². The Labute approximate surface area is 109 Å². The summed E-state index contributed by atoms with van der Waals surface area (Å²) in [6, 6.07) is 10.2. The Morgan fingerprint density at radius 1 is 1.11 bits per heavy atom. The van der Waals surface area contributed by atoms with Crippen molar-refractivity contribution < 1.29 is 9.53 Å². The highest BCUT2D eigenvalue weighted by Gasteiger charge is 2.17. The number of esters is 1. The Hall–Kier alpha value is -1.31. The van der Waals surface area contributed by atoms with Crippen molar-refractivity contribution in [2.75, 3.05) is 6.61 Å². The van der Waals surface area contributed by atoms with Crippen LogP contribution in [0.4, 0.5) is 0 Å². The van der Waals surface area contributed by atoms with Crippen molar-refractivity contribution in [3.8, 4) is 0 Å². The molecule has 0 radical (unpaired) electrons. The Balaban J connectivity index is 1.62. The molecule has 18 heavy (non-hydrogen) atoms. The predicted molar refractivity (Wildman–Crippen MR) is 72.3 cm³/mol. The molecule has 0 atom stereocenters. The second kappa shape index (κ2) is 7.20. The predicted octanol–water partition coefficient (Wildman–Crippen LogP) is 3.74. The van der Waals surface area contributed by atoms with E-state index in [2.05, 4.69) is 12.1 Å². The molecule has 1 fully saturated rings. The second-order valence-electron chi connectivity index (χ2n) is 5.16. The van der Waals surface area contributed by atoms with Crippen molar-refractivity contribution in [2.24, 2.45) is 5.92 Å². The zero-order chi connectivity index (χ0) is 12.6. The van der Waals surface area contributed by atoms with Gasteiger partial charge in [0.2, 0.25) is 0 Å². The summed E-state index contributed by atoms with van der Waals surface area (Å²) in [5, 5.41) is 0. The zero-order valence-corrected chi connectivity index (χ0v) is 10.9. The summed E-state index contributed by atoms with van der Waals surface area (Å²) in [4.78, 5) is 11.7. The standard InChI is InChI=1S/C16H22O2/c17-16(13-15-9-5-2-6-10-15)18-12-11-14-7-3-1-4-8-14/h1,3-4,7-8,15H,2,5-6,9-13H2. The molecule has 1 aromatic rings. The lowest BCUT2D eigenvalue weighted by Crippen LogP contribution is -2.15. The number of benzene rings is 1. The topological polar surface area (TPSA) is 26.3 Å². The average molecular weight is 246 g/mol. The largest absolute Gasteiger partial charge is 0.465 e. The lowest BCUT2D eigenvalue weighted by Gasteiger charge is -2.20. The first kappa shape index (κ1) is 13.1. The molecule has 2 nitrogen and oxygen atoms in total. The van der Waals surface area contributed by atoms with Crippen molar-refractivity contribution in [1.82, 2.24) is 0 Å².